The molecule has 0 amide bonds. The van der Waals surface area contributed by atoms with Crippen LogP contribution in [0.2, 0.25) is 0 Å². The van der Waals surface area contributed by atoms with E-state index in [1.54, 1.807) is 11.3 Å². The van der Waals surface area contributed by atoms with E-state index in [0.29, 0.717) is 29.5 Å². The number of aromatic nitrogens is 1. The fourth-order valence-electron chi connectivity index (χ4n) is 3.14. The lowest BCUT2D eigenvalue weighted by molar-refractivity contribution is 0.0339. The smallest absolute Gasteiger partial charge is 0.110 e. The highest BCUT2D eigenvalue weighted by Crippen LogP contribution is 2.32. The van der Waals surface area contributed by atoms with Crippen LogP contribution in [0.3, 0.4) is 0 Å². The second-order valence-electron chi connectivity index (χ2n) is 7.84. The van der Waals surface area contributed by atoms with Crippen molar-refractivity contribution < 1.29 is 0 Å². The van der Waals surface area contributed by atoms with E-state index < -0.39 is 0 Å². The predicted octanol–water partition coefficient (Wildman–Crippen LogP) is 3.86. The number of hydrogen-bond acceptors (Lipinski definition) is 4. The van der Waals surface area contributed by atoms with Crippen LogP contribution in [-0.4, -0.2) is 35.1 Å². The predicted molar refractivity (Wildman–Crippen MR) is 91.8 cm³/mol. The molecule has 3 nitrogen and oxygen atoms in total. The molecule has 3 unspecified atom stereocenters. The maximum Gasteiger partial charge on any atom is 0.110 e. The first-order valence-corrected chi connectivity index (χ1v) is 8.99. The van der Waals surface area contributed by atoms with Gasteiger partial charge in [0.25, 0.3) is 0 Å². The third-order valence-corrected chi connectivity index (χ3v) is 5.83. The van der Waals surface area contributed by atoms with Crippen molar-refractivity contribution in [3.63, 3.8) is 0 Å². The van der Waals surface area contributed by atoms with Gasteiger partial charge in [0.2, 0.25) is 0 Å². The maximum absolute atomic E-state index is 4.72. The summed E-state index contributed by atoms with van der Waals surface area (Å²) in [6.45, 7) is 18.2. The number of hydrogen-bond donors (Lipinski definition) is 1. The minimum Gasteiger partial charge on any atom is -0.311 e. The third-order valence-electron chi connectivity index (χ3n) is 4.70. The molecule has 0 aromatic carbocycles. The number of nitrogens with one attached hydrogen (secondary N) is 1. The largest absolute Gasteiger partial charge is 0.311 e. The van der Waals surface area contributed by atoms with Crippen molar-refractivity contribution in [2.75, 3.05) is 13.1 Å². The quantitative estimate of drug-likeness (QED) is 0.919. The summed E-state index contributed by atoms with van der Waals surface area (Å²) in [6, 6.07) is 1.53. The van der Waals surface area contributed by atoms with Crippen LogP contribution < -0.4 is 5.32 Å². The molecule has 0 aliphatic carbocycles. The molecule has 1 fully saturated rings. The number of piperazine rings is 1. The molecule has 1 saturated heterocycles. The van der Waals surface area contributed by atoms with Gasteiger partial charge in [-0.1, -0.05) is 34.6 Å². The summed E-state index contributed by atoms with van der Waals surface area (Å²) in [6.07, 6.45) is 0. The standard InChI is InChI=1S/C17H31N3S/c1-11(2)14-8-18-15(17(5,6)7)9-20(14)13(4)16-19-12(3)10-21-16/h10-11,13-15,18H,8-9H2,1-7H3. The van der Waals surface area contributed by atoms with Crippen LogP contribution in [0.5, 0.6) is 0 Å². The lowest BCUT2D eigenvalue weighted by Crippen LogP contribution is -2.61. The van der Waals surface area contributed by atoms with Gasteiger partial charge in [-0.05, 0) is 25.2 Å². The fraction of sp³-hybridized carbons (Fsp3) is 0.824. The molecular weight excluding hydrogens is 278 g/mol. The molecule has 3 atom stereocenters. The van der Waals surface area contributed by atoms with E-state index in [0.717, 1.165) is 18.8 Å². The average Bonchev–Trinajstić information content (AvgIpc) is 2.82. The van der Waals surface area contributed by atoms with E-state index in [1.165, 1.54) is 5.01 Å². The highest BCUT2D eigenvalue weighted by Gasteiger charge is 2.38. The minimum atomic E-state index is 0.290. The number of thiazole rings is 1. The van der Waals surface area contributed by atoms with Gasteiger partial charge >= 0.3 is 0 Å². The monoisotopic (exact) mass is 309 g/mol. The fourth-order valence-corrected chi connectivity index (χ4v) is 4.01. The normalized spacial score (nSPS) is 26.3. The minimum absolute atomic E-state index is 0.290. The molecule has 2 rings (SSSR count). The van der Waals surface area contributed by atoms with Crippen molar-refractivity contribution in [1.82, 2.24) is 15.2 Å². The van der Waals surface area contributed by atoms with E-state index >= 15 is 0 Å². The Morgan fingerprint density at radius 3 is 2.48 bits per heavy atom. The van der Waals surface area contributed by atoms with Crippen molar-refractivity contribution in [1.29, 1.82) is 0 Å². The summed E-state index contributed by atoms with van der Waals surface area (Å²) >= 11 is 1.80. The number of nitrogens with zero attached hydrogens (tertiary/aromatic N) is 2. The first-order valence-electron chi connectivity index (χ1n) is 8.11. The molecule has 120 valence electrons. The molecule has 1 aliphatic heterocycles. The van der Waals surface area contributed by atoms with Crippen LogP contribution in [0.25, 0.3) is 0 Å². The SMILES string of the molecule is Cc1csc(C(C)N2CC(C(C)(C)C)NCC2C(C)C)n1. The molecule has 0 bridgehead atoms. The van der Waals surface area contributed by atoms with Gasteiger partial charge in [-0.25, -0.2) is 4.98 Å². The van der Waals surface area contributed by atoms with E-state index in [2.05, 4.69) is 64.1 Å². The third kappa shape index (κ3) is 3.85. The molecule has 0 radical (unpaired) electrons. The zero-order valence-corrected chi connectivity index (χ0v) is 15.4. The summed E-state index contributed by atoms with van der Waals surface area (Å²) in [7, 11) is 0. The number of aryl methyl sites for hydroxylation is 1. The van der Waals surface area contributed by atoms with Gasteiger partial charge < -0.3 is 5.32 Å². The summed E-state index contributed by atoms with van der Waals surface area (Å²) in [4.78, 5) is 7.40. The Bertz CT molecular complexity index is 461. The molecule has 1 aromatic heterocycles. The Balaban J connectivity index is 2.21. The first-order chi connectivity index (χ1) is 9.70. The summed E-state index contributed by atoms with van der Waals surface area (Å²) < 4.78 is 0. The second-order valence-corrected chi connectivity index (χ2v) is 8.73. The molecule has 0 saturated carbocycles. The van der Waals surface area contributed by atoms with Crippen LogP contribution >= 0.6 is 11.3 Å². The van der Waals surface area contributed by atoms with E-state index in [1.807, 2.05) is 0 Å². The molecule has 4 heteroatoms. The molecule has 21 heavy (non-hydrogen) atoms. The second kappa shape index (κ2) is 6.35. The molecule has 1 aromatic rings. The van der Waals surface area contributed by atoms with Crippen molar-refractivity contribution >= 4 is 11.3 Å². The first kappa shape index (κ1) is 16.9. The summed E-state index contributed by atoms with van der Waals surface area (Å²) in [5.74, 6) is 0.655. The zero-order valence-electron chi connectivity index (χ0n) is 14.6. The van der Waals surface area contributed by atoms with Gasteiger partial charge in [-0.15, -0.1) is 11.3 Å². The summed E-state index contributed by atoms with van der Waals surface area (Å²) in [5.41, 5.74) is 1.43. The Morgan fingerprint density at radius 2 is 2.00 bits per heavy atom. The molecule has 1 N–H and O–H groups in total. The zero-order chi connectivity index (χ0) is 15.8. The van der Waals surface area contributed by atoms with Crippen molar-refractivity contribution in [2.24, 2.45) is 11.3 Å². The molecular formula is C17H31N3S. The van der Waals surface area contributed by atoms with Gasteiger partial charge in [-0.2, -0.15) is 0 Å². The van der Waals surface area contributed by atoms with E-state index in [4.69, 9.17) is 4.98 Å². The Kier molecular flexibility index (Phi) is 5.11. The molecule has 0 spiro atoms. The average molecular weight is 310 g/mol. The lowest BCUT2D eigenvalue weighted by atomic mass is 9.83. The Morgan fingerprint density at radius 1 is 1.33 bits per heavy atom. The lowest BCUT2D eigenvalue weighted by Gasteiger charge is -2.48. The van der Waals surface area contributed by atoms with Gasteiger partial charge in [0.15, 0.2) is 0 Å². The highest BCUT2D eigenvalue weighted by molar-refractivity contribution is 7.09. The van der Waals surface area contributed by atoms with Gasteiger partial charge in [-0.3, -0.25) is 4.90 Å². The Hall–Kier alpha value is -0.450. The van der Waals surface area contributed by atoms with E-state index in [9.17, 15) is 0 Å². The van der Waals surface area contributed by atoms with Crippen molar-refractivity contribution in [2.45, 2.75) is 66.6 Å². The highest BCUT2D eigenvalue weighted by atomic mass is 32.1. The van der Waals surface area contributed by atoms with Crippen molar-refractivity contribution in [3.8, 4) is 0 Å². The Labute approximate surface area is 134 Å². The molecule has 2 heterocycles. The topological polar surface area (TPSA) is 28.2 Å². The van der Waals surface area contributed by atoms with Crippen LogP contribution in [0.1, 0.15) is 58.3 Å². The van der Waals surface area contributed by atoms with Gasteiger partial charge in [0.1, 0.15) is 5.01 Å². The molecule has 1 aliphatic rings. The van der Waals surface area contributed by atoms with Gasteiger partial charge in [0.05, 0.1) is 6.04 Å². The van der Waals surface area contributed by atoms with Crippen molar-refractivity contribution in [3.05, 3.63) is 16.1 Å². The van der Waals surface area contributed by atoms with E-state index in [-0.39, 0.29) is 0 Å². The van der Waals surface area contributed by atoms with Crippen LogP contribution in [-0.2, 0) is 0 Å². The maximum atomic E-state index is 4.72. The van der Waals surface area contributed by atoms with Crippen LogP contribution in [0.15, 0.2) is 5.38 Å². The summed E-state index contributed by atoms with van der Waals surface area (Å²) in [5, 5.41) is 7.20. The van der Waals surface area contributed by atoms with Crippen LogP contribution in [0, 0.1) is 18.3 Å². The van der Waals surface area contributed by atoms with Gasteiger partial charge in [0, 0.05) is 36.2 Å². The van der Waals surface area contributed by atoms with Crippen LogP contribution in [0.4, 0.5) is 0 Å². The number of rotatable bonds is 3.